The zero-order valence-corrected chi connectivity index (χ0v) is 20.6. The molecule has 9 atom stereocenters. The number of rotatable bonds is 9. The van der Waals surface area contributed by atoms with E-state index in [4.69, 9.17) is 26.1 Å². The smallest absolute Gasteiger partial charge is 0.388 e. The Morgan fingerprint density at radius 2 is 2.03 bits per heavy atom. The number of hydrogen-bond donors (Lipinski definition) is 5. The van der Waals surface area contributed by atoms with E-state index in [1.807, 2.05) is 11.9 Å². The van der Waals surface area contributed by atoms with Crippen molar-refractivity contribution in [3.05, 3.63) is 0 Å². The Kier molecular flexibility index (Phi) is 10.1. The molecule has 1 amide bonds. The number of aliphatic hydroxyl groups is 2. The molecule has 0 aromatic heterocycles. The normalized spacial score (nSPS) is 36.9. The highest BCUT2D eigenvalue weighted by molar-refractivity contribution is 7.99. The van der Waals surface area contributed by atoms with Crippen LogP contribution >= 0.6 is 31.2 Å². The number of likely N-dealkylation sites (N-methyl/N-ethyl adjacent to an activating group) is 1. The molecule has 0 unspecified atom stereocenters. The molecule has 2 saturated heterocycles. The van der Waals surface area contributed by atoms with Crippen LogP contribution in [0.2, 0.25) is 0 Å². The van der Waals surface area contributed by atoms with E-state index in [1.54, 1.807) is 13.2 Å². The molecule has 5 N–H and O–H groups in total. The molecule has 31 heavy (non-hydrogen) atoms. The third kappa shape index (κ3) is 7.02. The number of likely N-dealkylation sites (tertiary alicyclic amines) is 1. The summed E-state index contributed by atoms with van der Waals surface area (Å²) in [6.07, 6.45) is -1.37. The number of halogens is 1. The molecule has 182 valence electrons. The van der Waals surface area contributed by atoms with Gasteiger partial charge in [0.25, 0.3) is 0 Å². The van der Waals surface area contributed by atoms with Gasteiger partial charge in [-0.25, -0.2) is 4.57 Å². The van der Waals surface area contributed by atoms with Crippen molar-refractivity contribution in [3.63, 3.8) is 0 Å². The fourth-order valence-corrected chi connectivity index (χ4v) is 5.93. The molecule has 0 bridgehead atoms. The molecule has 0 aliphatic carbocycles. The number of phosphoric ester groups is 1. The van der Waals surface area contributed by atoms with Crippen LogP contribution in [0, 0.1) is 5.92 Å². The molecule has 13 heteroatoms. The van der Waals surface area contributed by atoms with Gasteiger partial charge >= 0.3 is 7.82 Å². The number of aliphatic hydroxyl groups excluding tert-OH is 2. The average molecular weight is 505 g/mol. The summed E-state index contributed by atoms with van der Waals surface area (Å²) in [7, 11) is -3.04. The molecule has 2 heterocycles. The number of amides is 1. The van der Waals surface area contributed by atoms with Gasteiger partial charge in [0.05, 0.1) is 17.5 Å². The molecule has 2 aliphatic heterocycles. The monoisotopic (exact) mass is 504 g/mol. The van der Waals surface area contributed by atoms with Gasteiger partial charge in [-0.05, 0) is 39.0 Å². The van der Waals surface area contributed by atoms with Gasteiger partial charge in [-0.15, -0.1) is 23.4 Å². The zero-order valence-electron chi connectivity index (χ0n) is 18.1. The lowest BCUT2D eigenvalue weighted by Gasteiger charge is -2.45. The van der Waals surface area contributed by atoms with Crippen LogP contribution in [-0.2, 0) is 18.6 Å². The fourth-order valence-electron chi connectivity index (χ4n) is 4.37. The first kappa shape index (κ1) is 27.3. The van der Waals surface area contributed by atoms with Crippen molar-refractivity contribution in [2.45, 2.75) is 80.4 Å². The maximum absolute atomic E-state index is 13.0. The molecular weight excluding hydrogens is 471 g/mol. The van der Waals surface area contributed by atoms with Crippen LogP contribution in [0.15, 0.2) is 0 Å². The van der Waals surface area contributed by atoms with Crippen LogP contribution in [0.1, 0.15) is 33.1 Å². The Morgan fingerprint density at radius 3 is 2.55 bits per heavy atom. The number of nitrogens with zero attached hydrogens (tertiary/aromatic N) is 1. The van der Waals surface area contributed by atoms with Crippen molar-refractivity contribution in [1.82, 2.24) is 10.2 Å². The van der Waals surface area contributed by atoms with Crippen LogP contribution in [-0.4, -0.2) is 98.0 Å². The number of alkyl halides is 1. The number of hydrogen-bond acceptors (Lipinski definition) is 8. The van der Waals surface area contributed by atoms with Crippen LogP contribution in [0.4, 0.5) is 0 Å². The van der Waals surface area contributed by atoms with Crippen LogP contribution in [0.25, 0.3) is 0 Å². The second kappa shape index (κ2) is 11.5. The Balaban J connectivity index is 2.15. The van der Waals surface area contributed by atoms with E-state index in [1.165, 1.54) is 0 Å². The van der Waals surface area contributed by atoms with E-state index in [-0.39, 0.29) is 11.9 Å². The Bertz CT molecular complexity index is 654. The van der Waals surface area contributed by atoms with Crippen LogP contribution < -0.4 is 5.32 Å². The molecule has 10 nitrogen and oxygen atoms in total. The summed E-state index contributed by atoms with van der Waals surface area (Å²) in [6.45, 7) is 4.57. The van der Waals surface area contributed by atoms with Gasteiger partial charge in [-0.2, -0.15) is 0 Å². The van der Waals surface area contributed by atoms with Crippen molar-refractivity contribution in [2.24, 2.45) is 5.92 Å². The maximum atomic E-state index is 13.0. The highest BCUT2D eigenvalue weighted by Crippen LogP contribution is 2.43. The molecule has 2 aliphatic rings. The highest BCUT2D eigenvalue weighted by atomic mass is 35.5. The summed E-state index contributed by atoms with van der Waals surface area (Å²) in [4.78, 5) is 33.3. The minimum absolute atomic E-state index is 0.238. The summed E-state index contributed by atoms with van der Waals surface area (Å²) in [5, 5.41) is 23.4. The van der Waals surface area contributed by atoms with Gasteiger partial charge in [0, 0.05) is 6.54 Å². The van der Waals surface area contributed by atoms with E-state index in [0.29, 0.717) is 5.92 Å². The van der Waals surface area contributed by atoms with E-state index in [2.05, 4.69) is 16.8 Å². The SMILES string of the molecule is CCC[C@@H]1C[C@H](C(=O)N[C@@H]([C@H]2O[C@H](SC)[C@H](OP(=O)(O)O)[C@@H](O)[C@H]2O)[C@H](C)Cl)N(C)C1. The quantitative estimate of drug-likeness (QED) is 0.222. The minimum atomic E-state index is -4.93. The second-order valence-corrected chi connectivity index (χ2v) is 11.1. The number of thioether (sulfide) groups is 1. The predicted octanol–water partition coefficient (Wildman–Crippen LogP) is 0.506. The van der Waals surface area contributed by atoms with Crippen molar-refractivity contribution >= 4 is 37.1 Å². The van der Waals surface area contributed by atoms with Crippen molar-refractivity contribution in [3.8, 4) is 0 Å². The molecule has 0 aromatic carbocycles. The fraction of sp³-hybridized carbons (Fsp3) is 0.944. The first-order valence-electron chi connectivity index (χ1n) is 10.3. The van der Waals surface area contributed by atoms with E-state index >= 15 is 0 Å². The highest BCUT2D eigenvalue weighted by Gasteiger charge is 2.51. The molecule has 0 saturated carbocycles. The minimum Gasteiger partial charge on any atom is -0.388 e. The molecule has 0 spiro atoms. The molecule has 0 aromatic rings. The van der Waals surface area contributed by atoms with E-state index < -0.39 is 49.1 Å². The predicted molar refractivity (Wildman–Crippen MR) is 118 cm³/mol. The second-order valence-electron chi connectivity index (χ2n) is 8.30. The zero-order chi connectivity index (χ0) is 23.5. The summed E-state index contributed by atoms with van der Waals surface area (Å²) < 4.78 is 21.7. The molecule has 2 rings (SSSR count). The number of carbonyl (C=O) groups excluding carboxylic acids is 1. The summed E-state index contributed by atoms with van der Waals surface area (Å²) in [6, 6.07) is -1.18. The lowest BCUT2D eigenvalue weighted by Crippen LogP contribution is -2.65. The third-order valence-electron chi connectivity index (χ3n) is 5.87. The number of ether oxygens (including phenoxy) is 1. The van der Waals surface area contributed by atoms with Gasteiger partial charge in [0.1, 0.15) is 29.9 Å². The average Bonchev–Trinajstić information content (AvgIpc) is 3.03. The number of phosphoric acid groups is 1. The molecular formula is C18H34ClN2O8PS. The first-order chi connectivity index (χ1) is 14.4. The third-order valence-corrected chi connectivity index (χ3v) is 7.50. The lowest BCUT2D eigenvalue weighted by molar-refractivity contribution is -0.201. The van der Waals surface area contributed by atoms with Gasteiger partial charge in [0.15, 0.2) is 0 Å². The Labute approximate surface area is 192 Å². The van der Waals surface area contributed by atoms with Crippen LogP contribution in [0.3, 0.4) is 0 Å². The van der Waals surface area contributed by atoms with Gasteiger partial charge in [-0.3, -0.25) is 14.2 Å². The van der Waals surface area contributed by atoms with Gasteiger partial charge in [-0.1, -0.05) is 13.3 Å². The maximum Gasteiger partial charge on any atom is 0.470 e. The van der Waals surface area contributed by atoms with Gasteiger partial charge in [0.2, 0.25) is 5.91 Å². The standard InChI is InChI=1S/C18H34ClN2O8PS/c1-5-6-10-7-11(21(3)8-10)17(24)20-12(9(2)19)15-13(22)14(23)16(18(28-15)31-4)29-30(25,26)27/h9-16,18,22-23H,5-8H2,1-4H3,(H,20,24)(H2,25,26,27)/t9-,10+,11+,12+,13+,14-,15+,16+,18+/m0/s1. The number of carbonyl (C=O) groups is 1. The Morgan fingerprint density at radius 1 is 1.39 bits per heavy atom. The first-order valence-corrected chi connectivity index (χ1v) is 13.6. The largest absolute Gasteiger partial charge is 0.470 e. The van der Waals surface area contributed by atoms with Crippen molar-refractivity contribution in [1.29, 1.82) is 0 Å². The van der Waals surface area contributed by atoms with E-state index in [0.717, 1.165) is 37.6 Å². The van der Waals surface area contributed by atoms with Crippen molar-refractivity contribution < 1.29 is 38.6 Å². The lowest BCUT2D eigenvalue weighted by atomic mass is 9.92. The van der Waals surface area contributed by atoms with Crippen LogP contribution in [0.5, 0.6) is 0 Å². The number of nitrogens with one attached hydrogen (secondary N) is 1. The summed E-state index contributed by atoms with van der Waals surface area (Å²) >= 11 is 7.38. The molecule has 0 radical (unpaired) electrons. The molecule has 2 fully saturated rings. The Hall–Kier alpha value is 0.0600. The summed E-state index contributed by atoms with van der Waals surface area (Å²) in [5.74, 6) is 0.195. The van der Waals surface area contributed by atoms with Gasteiger partial charge < -0.3 is 30.1 Å². The summed E-state index contributed by atoms with van der Waals surface area (Å²) in [5.41, 5.74) is -0.992. The topological polar surface area (TPSA) is 149 Å². The van der Waals surface area contributed by atoms with Crippen molar-refractivity contribution in [2.75, 3.05) is 19.8 Å². The van der Waals surface area contributed by atoms with E-state index in [9.17, 15) is 19.6 Å².